The largest absolute Gasteiger partial charge is 0.491 e. The summed E-state index contributed by atoms with van der Waals surface area (Å²) in [5.41, 5.74) is 4.70. The van der Waals surface area contributed by atoms with Crippen LogP contribution in [0.2, 0.25) is 0 Å². The number of esters is 1. The maximum absolute atomic E-state index is 14.8. The van der Waals surface area contributed by atoms with Gasteiger partial charge in [0.2, 0.25) is 0 Å². The fraction of sp³-hybridized carbons (Fsp3) is 0.405. The van der Waals surface area contributed by atoms with Gasteiger partial charge in [-0.05, 0) is 108 Å². The molecule has 54 heavy (non-hydrogen) atoms. The van der Waals surface area contributed by atoms with Gasteiger partial charge in [0.1, 0.15) is 24.6 Å². The zero-order valence-corrected chi connectivity index (χ0v) is 30.2. The van der Waals surface area contributed by atoms with Gasteiger partial charge in [0.15, 0.2) is 28.9 Å². The highest BCUT2D eigenvalue weighted by molar-refractivity contribution is 5.91. The van der Waals surface area contributed by atoms with Crippen LogP contribution in [0.4, 0.5) is 8.78 Å². The van der Waals surface area contributed by atoms with Gasteiger partial charge in [-0.15, -0.1) is 0 Å². The Morgan fingerprint density at radius 1 is 0.685 bits per heavy atom. The first-order valence-electron chi connectivity index (χ1n) is 18.4. The molecule has 2 saturated heterocycles. The van der Waals surface area contributed by atoms with Crippen molar-refractivity contribution < 1.29 is 56.5 Å². The molecule has 0 N–H and O–H groups in total. The molecule has 0 aromatic heterocycles. The van der Waals surface area contributed by atoms with E-state index in [0.29, 0.717) is 63.1 Å². The van der Waals surface area contributed by atoms with Crippen LogP contribution in [0.25, 0.3) is 11.1 Å². The molecule has 3 aliphatic rings. The summed E-state index contributed by atoms with van der Waals surface area (Å²) >= 11 is 0. The fourth-order valence-electron chi connectivity index (χ4n) is 6.13. The Kier molecular flexibility index (Phi) is 12.7. The van der Waals surface area contributed by atoms with Crippen LogP contribution >= 0.6 is 0 Å². The van der Waals surface area contributed by atoms with Crippen LogP contribution in [0.1, 0.15) is 65.6 Å². The van der Waals surface area contributed by atoms with Crippen molar-refractivity contribution in [2.24, 2.45) is 0 Å². The molecule has 12 heteroatoms. The summed E-state index contributed by atoms with van der Waals surface area (Å²) in [4.78, 5) is 24.0. The number of rotatable bonds is 22. The standard InChI is InChI=1S/C42H44F2O10/c1-27-36-20-30(53-42(45)29-7-13-41(39(44)19-29)49-17-5-3-15-47-24-33-26-51-33)8-10-34(36)35-11-9-31(21-37(27)35)54-52-22-28-6-12-40(38(43)18-28)48-16-4-2-14-46-23-32-25-50-32/h6-13,18-21,27,32-33H,2-5,14-17,22-26H2,1H3. The second-order valence-corrected chi connectivity index (χ2v) is 13.5. The van der Waals surface area contributed by atoms with Gasteiger partial charge in [0, 0.05) is 19.1 Å². The summed E-state index contributed by atoms with van der Waals surface area (Å²) in [7, 11) is 0. The minimum Gasteiger partial charge on any atom is -0.491 e. The van der Waals surface area contributed by atoms with Crippen molar-refractivity contribution in [3.63, 3.8) is 0 Å². The normalized spacial score (nSPS) is 17.8. The maximum atomic E-state index is 14.8. The average molecular weight is 747 g/mol. The number of benzene rings is 4. The van der Waals surface area contributed by atoms with E-state index >= 15 is 0 Å². The van der Waals surface area contributed by atoms with Crippen LogP contribution in [0.5, 0.6) is 23.0 Å². The number of carbonyl (C=O) groups excluding carboxylic acids is 1. The lowest BCUT2D eigenvalue weighted by Crippen LogP contribution is -2.10. The molecule has 4 aromatic rings. The van der Waals surface area contributed by atoms with Crippen LogP contribution in [-0.2, 0) is 30.4 Å². The van der Waals surface area contributed by atoms with Gasteiger partial charge < -0.3 is 38.0 Å². The van der Waals surface area contributed by atoms with Crippen LogP contribution in [0, 0.1) is 11.6 Å². The van der Waals surface area contributed by atoms with E-state index in [2.05, 4.69) is 6.92 Å². The third-order valence-electron chi connectivity index (χ3n) is 9.32. The van der Waals surface area contributed by atoms with Gasteiger partial charge >= 0.3 is 5.97 Å². The molecule has 0 bridgehead atoms. The second kappa shape index (κ2) is 18.2. The molecule has 0 spiro atoms. The second-order valence-electron chi connectivity index (χ2n) is 13.5. The van der Waals surface area contributed by atoms with E-state index in [0.717, 1.165) is 60.8 Å². The summed E-state index contributed by atoms with van der Waals surface area (Å²) < 4.78 is 67.4. The third kappa shape index (κ3) is 10.3. The molecule has 3 atom stereocenters. The highest BCUT2D eigenvalue weighted by Crippen LogP contribution is 2.47. The first-order valence-corrected chi connectivity index (χ1v) is 18.4. The molecule has 10 nitrogen and oxygen atoms in total. The molecular weight excluding hydrogens is 702 g/mol. The smallest absolute Gasteiger partial charge is 0.343 e. The predicted octanol–water partition coefficient (Wildman–Crippen LogP) is 7.98. The number of fused-ring (bicyclic) bond motifs is 3. The number of halogens is 2. The predicted molar refractivity (Wildman–Crippen MR) is 193 cm³/mol. The molecule has 4 aromatic carbocycles. The molecular formula is C42H44F2O10. The van der Waals surface area contributed by atoms with Crippen molar-refractivity contribution in [3.8, 4) is 34.1 Å². The highest BCUT2D eigenvalue weighted by Gasteiger charge is 2.27. The summed E-state index contributed by atoms with van der Waals surface area (Å²) in [6.45, 7) is 6.81. The van der Waals surface area contributed by atoms with Crippen molar-refractivity contribution in [1.82, 2.24) is 0 Å². The van der Waals surface area contributed by atoms with Crippen LogP contribution < -0.4 is 19.1 Å². The van der Waals surface area contributed by atoms with Crippen molar-refractivity contribution >= 4 is 5.97 Å². The lowest BCUT2D eigenvalue weighted by molar-refractivity contribution is -0.217. The summed E-state index contributed by atoms with van der Waals surface area (Å²) in [6.07, 6.45) is 3.57. The van der Waals surface area contributed by atoms with Gasteiger partial charge in [-0.3, -0.25) is 0 Å². The minimum atomic E-state index is -0.674. The fourth-order valence-corrected chi connectivity index (χ4v) is 6.13. The molecule has 0 saturated carbocycles. The molecule has 3 unspecified atom stereocenters. The lowest BCUT2D eigenvalue weighted by atomic mass is 9.99. The molecule has 1 aliphatic carbocycles. The Balaban J connectivity index is 0.851. The van der Waals surface area contributed by atoms with Crippen LogP contribution in [0.15, 0.2) is 72.8 Å². The van der Waals surface area contributed by atoms with E-state index in [-0.39, 0.29) is 41.8 Å². The zero-order chi connectivity index (χ0) is 37.3. The molecule has 286 valence electrons. The molecule has 2 fully saturated rings. The quantitative estimate of drug-likeness (QED) is 0.0196. The van der Waals surface area contributed by atoms with E-state index in [4.69, 9.17) is 42.9 Å². The Morgan fingerprint density at radius 2 is 1.24 bits per heavy atom. The monoisotopic (exact) mass is 746 g/mol. The SMILES string of the molecule is CC1c2cc(OOCc3ccc(OCCCCOCC4CO4)c(F)c3)ccc2-c2ccc(OC(=O)c3ccc(OCCCCOCC4CO4)c(F)c3)cc21. The Hall–Kier alpha value is -4.59. The van der Waals surface area contributed by atoms with E-state index in [1.54, 1.807) is 24.3 Å². The number of carbonyl (C=O) groups is 1. The van der Waals surface area contributed by atoms with Crippen molar-refractivity contribution in [1.29, 1.82) is 0 Å². The first-order chi connectivity index (χ1) is 26.4. The topological polar surface area (TPSA) is 107 Å². The zero-order valence-electron chi connectivity index (χ0n) is 30.2. The van der Waals surface area contributed by atoms with Gasteiger partial charge in [-0.25, -0.2) is 13.6 Å². The van der Waals surface area contributed by atoms with E-state index in [9.17, 15) is 13.6 Å². The number of hydrogen-bond donors (Lipinski definition) is 0. The van der Waals surface area contributed by atoms with E-state index in [1.165, 1.54) is 18.2 Å². The van der Waals surface area contributed by atoms with Crippen molar-refractivity contribution in [3.05, 3.63) is 107 Å². The van der Waals surface area contributed by atoms with Gasteiger partial charge in [-0.1, -0.05) is 25.1 Å². The summed E-state index contributed by atoms with van der Waals surface area (Å²) in [6, 6.07) is 19.9. The van der Waals surface area contributed by atoms with Gasteiger partial charge in [0.25, 0.3) is 0 Å². The summed E-state index contributed by atoms with van der Waals surface area (Å²) in [5.74, 6) is -0.692. The average Bonchev–Trinajstić information content (AvgIpc) is 4.12. The number of hydrogen-bond acceptors (Lipinski definition) is 10. The summed E-state index contributed by atoms with van der Waals surface area (Å²) in [5, 5.41) is 0. The molecule has 7 rings (SSSR count). The van der Waals surface area contributed by atoms with E-state index in [1.807, 2.05) is 24.3 Å². The molecule has 2 aliphatic heterocycles. The third-order valence-corrected chi connectivity index (χ3v) is 9.32. The highest BCUT2D eigenvalue weighted by atomic mass is 19.1. The lowest BCUT2D eigenvalue weighted by Gasteiger charge is -2.11. The number of unbranched alkanes of at least 4 members (excludes halogenated alkanes) is 2. The first kappa shape index (κ1) is 37.7. The van der Waals surface area contributed by atoms with Crippen LogP contribution in [-0.4, -0.2) is 71.0 Å². The van der Waals surface area contributed by atoms with Crippen molar-refractivity contribution in [2.75, 3.05) is 52.9 Å². The molecule has 0 amide bonds. The van der Waals surface area contributed by atoms with E-state index < -0.39 is 17.6 Å². The Labute approximate surface area is 313 Å². The van der Waals surface area contributed by atoms with Gasteiger partial charge in [-0.2, -0.15) is 4.89 Å². The maximum Gasteiger partial charge on any atom is 0.343 e. The number of ether oxygens (including phenoxy) is 7. The van der Waals surface area contributed by atoms with Gasteiger partial charge in [0.05, 0.1) is 45.2 Å². The Bertz CT molecular complexity index is 1890. The molecule has 0 radical (unpaired) electrons. The molecule has 2 heterocycles. The number of epoxide rings is 2. The minimum absolute atomic E-state index is 0.0311. The van der Waals surface area contributed by atoms with Crippen LogP contribution in [0.3, 0.4) is 0 Å². The van der Waals surface area contributed by atoms with Crippen molar-refractivity contribution in [2.45, 2.75) is 57.3 Å². The Morgan fingerprint density at radius 3 is 1.83 bits per heavy atom.